The molecule has 5 heteroatoms. The summed E-state index contributed by atoms with van der Waals surface area (Å²) in [6.45, 7) is 8.82. The molecule has 3 atom stereocenters. The number of hydrogen-bond acceptors (Lipinski definition) is 4. The first-order valence-corrected chi connectivity index (χ1v) is 8.45. The van der Waals surface area contributed by atoms with Crippen molar-refractivity contribution < 1.29 is 9.21 Å². The third-order valence-electron chi connectivity index (χ3n) is 4.78. The van der Waals surface area contributed by atoms with Crippen molar-refractivity contribution in [2.45, 2.75) is 38.8 Å². The molecule has 1 N–H and O–H groups in total. The third kappa shape index (κ3) is 3.36. The van der Waals surface area contributed by atoms with Gasteiger partial charge in [0.15, 0.2) is 0 Å². The van der Waals surface area contributed by atoms with Crippen LogP contribution < -0.4 is 5.32 Å². The molecule has 0 spiro atoms. The zero-order chi connectivity index (χ0) is 15.5. The van der Waals surface area contributed by atoms with Crippen LogP contribution in [-0.2, 0) is 4.79 Å². The SMILES string of the molecule is CC1CCCN(C(=O)C(c2ccco2)N2CCNC(C)C2)C1. The number of rotatable bonds is 3. The molecule has 3 heterocycles. The van der Waals surface area contributed by atoms with E-state index in [0.29, 0.717) is 12.0 Å². The highest BCUT2D eigenvalue weighted by Crippen LogP contribution is 2.27. The fourth-order valence-corrected chi connectivity index (χ4v) is 3.66. The third-order valence-corrected chi connectivity index (χ3v) is 4.78. The molecule has 1 aromatic heterocycles. The van der Waals surface area contributed by atoms with Crippen molar-refractivity contribution in [3.05, 3.63) is 24.2 Å². The van der Waals surface area contributed by atoms with E-state index >= 15 is 0 Å². The average molecular weight is 305 g/mol. The summed E-state index contributed by atoms with van der Waals surface area (Å²) in [5.41, 5.74) is 0. The Labute approximate surface area is 132 Å². The molecule has 3 unspecified atom stereocenters. The van der Waals surface area contributed by atoms with Gasteiger partial charge in [-0.15, -0.1) is 0 Å². The summed E-state index contributed by atoms with van der Waals surface area (Å²) in [4.78, 5) is 17.5. The molecule has 0 aromatic carbocycles. The maximum Gasteiger partial charge on any atom is 0.247 e. The Balaban J connectivity index is 1.80. The zero-order valence-corrected chi connectivity index (χ0v) is 13.6. The molecule has 5 nitrogen and oxygen atoms in total. The lowest BCUT2D eigenvalue weighted by Gasteiger charge is -2.40. The molecule has 0 bridgehead atoms. The summed E-state index contributed by atoms with van der Waals surface area (Å²) in [6, 6.07) is 3.94. The molecule has 1 aromatic rings. The van der Waals surface area contributed by atoms with Crippen LogP contribution >= 0.6 is 0 Å². The molecule has 22 heavy (non-hydrogen) atoms. The van der Waals surface area contributed by atoms with Gasteiger partial charge >= 0.3 is 0 Å². The Bertz CT molecular complexity index is 488. The van der Waals surface area contributed by atoms with Gasteiger partial charge in [0.2, 0.25) is 5.91 Å². The molecule has 0 radical (unpaired) electrons. The summed E-state index contributed by atoms with van der Waals surface area (Å²) >= 11 is 0. The minimum absolute atomic E-state index is 0.204. The first kappa shape index (κ1) is 15.6. The number of nitrogens with one attached hydrogen (secondary N) is 1. The van der Waals surface area contributed by atoms with Gasteiger partial charge in [-0.3, -0.25) is 9.69 Å². The van der Waals surface area contributed by atoms with Crippen LogP contribution in [0.3, 0.4) is 0 Å². The van der Waals surface area contributed by atoms with Crippen molar-refractivity contribution in [3.63, 3.8) is 0 Å². The number of hydrogen-bond donors (Lipinski definition) is 1. The van der Waals surface area contributed by atoms with E-state index in [1.54, 1.807) is 6.26 Å². The van der Waals surface area contributed by atoms with Gasteiger partial charge in [0.1, 0.15) is 11.8 Å². The molecule has 122 valence electrons. The Morgan fingerprint density at radius 2 is 2.23 bits per heavy atom. The smallest absolute Gasteiger partial charge is 0.247 e. The van der Waals surface area contributed by atoms with Gasteiger partial charge in [-0.05, 0) is 37.8 Å². The van der Waals surface area contributed by atoms with E-state index in [9.17, 15) is 4.79 Å². The Kier molecular flexibility index (Phi) is 4.84. The van der Waals surface area contributed by atoms with Crippen LogP contribution in [0.1, 0.15) is 38.5 Å². The minimum Gasteiger partial charge on any atom is -0.467 e. The minimum atomic E-state index is -0.273. The fraction of sp³-hybridized carbons (Fsp3) is 0.706. The van der Waals surface area contributed by atoms with Gasteiger partial charge in [-0.25, -0.2) is 0 Å². The van der Waals surface area contributed by atoms with Gasteiger partial charge < -0.3 is 14.6 Å². The lowest BCUT2D eigenvalue weighted by atomic mass is 9.98. The number of likely N-dealkylation sites (tertiary alicyclic amines) is 1. The first-order valence-electron chi connectivity index (χ1n) is 8.45. The van der Waals surface area contributed by atoms with Gasteiger partial charge in [0.05, 0.1) is 6.26 Å². The van der Waals surface area contributed by atoms with Crippen molar-refractivity contribution in [1.29, 1.82) is 0 Å². The van der Waals surface area contributed by atoms with Crippen LogP contribution in [0, 0.1) is 5.92 Å². The van der Waals surface area contributed by atoms with E-state index in [0.717, 1.165) is 44.9 Å². The molecular weight excluding hydrogens is 278 g/mol. The summed E-state index contributed by atoms with van der Waals surface area (Å²) in [7, 11) is 0. The van der Waals surface area contributed by atoms with Crippen LogP contribution in [0.15, 0.2) is 22.8 Å². The number of nitrogens with zero attached hydrogens (tertiary/aromatic N) is 2. The molecular formula is C17H27N3O2. The number of carbonyl (C=O) groups is 1. The van der Waals surface area contributed by atoms with Crippen LogP contribution in [0.5, 0.6) is 0 Å². The van der Waals surface area contributed by atoms with Gasteiger partial charge in [-0.1, -0.05) is 6.92 Å². The normalized spacial score (nSPS) is 28.5. The van der Waals surface area contributed by atoms with Crippen molar-refractivity contribution in [2.24, 2.45) is 5.92 Å². The average Bonchev–Trinajstić information content (AvgIpc) is 3.01. The second-order valence-corrected chi connectivity index (χ2v) is 6.80. The number of piperidine rings is 1. The predicted octanol–water partition coefficient (Wildman–Crippen LogP) is 1.87. The Morgan fingerprint density at radius 1 is 1.36 bits per heavy atom. The lowest BCUT2D eigenvalue weighted by molar-refractivity contribution is -0.140. The van der Waals surface area contributed by atoms with Crippen molar-refractivity contribution in [3.8, 4) is 0 Å². The molecule has 2 aliphatic rings. The molecule has 3 rings (SSSR count). The number of piperazine rings is 1. The van der Waals surface area contributed by atoms with Gasteiger partial charge in [0.25, 0.3) is 0 Å². The highest BCUT2D eigenvalue weighted by atomic mass is 16.3. The second-order valence-electron chi connectivity index (χ2n) is 6.80. The molecule has 2 fully saturated rings. The highest BCUT2D eigenvalue weighted by molar-refractivity contribution is 5.82. The Hall–Kier alpha value is -1.33. The highest BCUT2D eigenvalue weighted by Gasteiger charge is 2.36. The largest absolute Gasteiger partial charge is 0.467 e. The maximum atomic E-state index is 13.2. The molecule has 2 saturated heterocycles. The van der Waals surface area contributed by atoms with E-state index in [2.05, 4.69) is 24.1 Å². The molecule has 2 aliphatic heterocycles. The molecule has 1 amide bonds. The Morgan fingerprint density at radius 3 is 2.91 bits per heavy atom. The van der Waals surface area contributed by atoms with E-state index in [1.165, 1.54) is 6.42 Å². The van der Waals surface area contributed by atoms with E-state index < -0.39 is 0 Å². The van der Waals surface area contributed by atoms with Crippen LogP contribution in [0.4, 0.5) is 0 Å². The number of carbonyl (C=O) groups excluding carboxylic acids is 1. The van der Waals surface area contributed by atoms with Crippen molar-refractivity contribution in [1.82, 2.24) is 15.1 Å². The topological polar surface area (TPSA) is 48.7 Å². The van der Waals surface area contributed by atoms with Crippen LogP contribution in [-0.4, -0.2) is 54.5 Å². The molecule has 0 aliphatic carbocycles. The predicted molar refractivity (Wildman–Crippen MR) is 85.5 cm³/mol. The fourth-order valence-electron chi connectivity index (χ4n) is 3.66. The van der Waals surface area contributed by atoms with E-state index in [4.69, 9.17) is 4.42 Å². The quantitative estimate of drug-likeness (QED) is 0.926. The van der Waals surface area contributed by atoms with E-state index in [-0.39, 0.29) is 11.9 Å². The first-order chi connectivity index (χ1) is 10.6. The van der Waals surface area contributed by atoms with Crippen molar-refractivity contribution >= 4 is 5.91 Å². The van der Waals surface area contributed by atoms with Crippen LogP contribution in [0.2, 0.25) is 0 Å². The summed E-state index contributed by atoms with van der Waals surface area (Å²) in [6.07, 6.45) is 4.00. The zero-order valence-electron chi connectivity index (χ0n) is 13.6. The number of furan rings is 1. The van der Waals surface area contributed by atoms with Crippen LogP contribution in [0.25, 0.3) is 0 Å². The lowest BCUT2D eigenvalue weighted by Crippen LogP contribution is -2.54. The maximum absolute atomic E-state index is 13.2. The standard InChI is InChI=1S/C17H27N3O2/c1-13-5-3-8-20(11-13)17(21)16(15-6-4-10-22-15)19-9-7-18-14(2)12-19/h4,6,10,13-14,16,18H,3,5,7-9,11-12H2,1-2H3. The van der Waals surface area contributed by atoms with Gasteiger partial charge in [-0.2, -0.15) is 0 Å². The molecule has 0 saturated carbocycles. The van der Waals surface area contributed by atoms with Gasteiger partial charge in [0, 0.05) is 38.8 Å². The van der Waals surface area contributed by atoms with E-state index in [1.807, 2.05) is 17.0 Å². The summed E-state index contributed by atoms with van der Waals surface area (Å²) < 4.78 is 5.61. The monoisotopic (exact) mass is 305 g/mol. The van der Waals surface area contributed by atoms with Crippen molar-refractivity contribution in [2.75, 3.05) is 32.7 Å². The summed E-state index contributed by atoms with van der Waals surface area (Å²) in [5.74, 6) is 1.57. The number of amides is 1. The second kappa shape index (κ2) is 6.84. The summed E-state index contributed by atoms with van der Waals surface area (Å²) in [5, 5.41) is 3.44.